The summed E-state index contributed by atoms with van der Waals surface area (Å²) in [5, 5.41) is 15.8. The number of piperidine rings is 1. The molecule has 4 atom stereocenters. The van der Waals surface area contributed by atoms with Crippen LogP contribution >= 0.6 is 23.2 Å². The number of likely N-dealkylation sites (N-methyl/N-ethyl adjacent to an activating group) is 1. The van der Waals surface area contributed by atoms with Crippen molar-refractivity contribution in [1.82, 2.24) is 25.8 Å². The highest BCUT2D eigenvalue weighted by Crippen LogP contribution is 2.67. The Hall–Kier alpha value is -5.17. The van der Waals surface area contributed by atoms with Gasteiger partial charge in [0.05, 0.1) is 50.7 Å². The third-order valence-corrected chi connectivity index (χ3v) is 18.1. The summed E-state index contributed by atoms with van der Waals surface area (Å²) in [6.07, 6.45) is 8.29. The summed E-state index contributed by atoms with van der Waals surface area (Å²) in [4.78, 5) is 85.1. The fourth-order valence-corrected chi connectivity index (χ4v) is 14.4. The number of hydrogen-bond donors (Lipinski definition) is 5. The first-order chi connectivity index (χ1) is 35.8. The number of nitrogens with zero attached hydrogens (tertiary/aromatic N) is 2. The first kappa shape index (κ1) is 52.3. The molecule has 4 aliphatic heterocycles. The number of fused-ring (bicyclic) bond motifs is 7. The molecule has 0 aromatic heterocycles. The number of carbonyl (C=O) groups is 6. The normalized spacial score (nSPS) is 27.8. The summed E-state index contributed by atoms with van der Waals surface area (Å²) in [6.45, 7) is 5.85. The van der Waals surface area contributed by atoms with Crippen molar-refractivity contribution in [3.05, 3.63) is 92.7 Å². The summed E-state index contributed by atoms with van der Waals surface area (Å²) >= 11 is 13.0. The van der Waals surface area contributed by atoms with Crippen LogP contribution in [0.3, 0.4) is 0 Å². The first-order valence-corrected chi connectivity index (χ1v) is 27.2. The minimum Gasteiger partial charge on any atom is -0.382 e. The number of likely N-dealkylation sites (tertiary alicyclic amines) is 1. The molecule has 4 aliphatic carbocycles. The van der Waals surface area contributed by atoms with E-state index in [0.717, 1.165) is 36.1 Å². The zero-order valence-electron chi connectivity index (χ0n) is 41.9. The molecular weight excluding hydrogens is 993 g/mol. The molecule has 1 unspecified atom stereocenters. The van der Waals surface area contributed by atoms with E-state index in [1.165, 1.54) is 11.0 Å². The van der Waals surface area contributed by atoms with Crippen molar-refractivity contribution in [2.24, 2.45) is 5.41 Å². The van der Waals surface area contributed by atoms with E-state index in [9.17, 15) is 19.2 Å². The summed E-state index contributed by atoms with van der Waals surface area (Å²) in [5.74, 6) is -2.99. The van der Waals surface area contributed by atoms with Gasteiger partial charge in [-0.3, -0.25) is 39.0 Å². The molecule has 8 aliphatic rings. The van der Waals surface area contributed by atoms with Crippen molar-refractivity contribution >= 4 is 70.0 Å². The third kappa shape index (κ3) is 9.16. The van der Waals surface area contributed by atoms with Crippen LogP contribution in [0, 0.1) is 11.2 Å². The monoisotopic (exact) mass is 1060 g/mol. The van der Waals surface area contributed by atoms with Crippen LogP contribution < -0.4 is 26.6 Å². The Labute approximate surface area is 440 Å². The molecule has 6 fully saturated rings. The fraction of sp³-hybridized carbons (Fsp3) is 0.564. The predicted octanol–water partition coefficient (Wildman–Crippen LogP) is 6.76. The van der Waals surface area contributed by atoms with Crippen LogP contribution in [0.15, 0.2) is 54.6 Å². The van der Waals surface area contributed by atoms with Gasteiger partial charge in [-0.15, -0.1) is 0 Å². The molecule has 2 saturated heterocycles. The van der Waals surface area contributed by atoms with Crippen LogP contribution in [0.2, 0.25) is 10.0 Å². The lowest BCUT2D eigenvalue weighted by Crippen LogP contribution is -2.63. The number of anilines is 2. The Morgan fingerprint density at radius 1 is 0.811 bits per heavy atom. The number of rotatable bonds is 19. The number of nitrogens with one attached hydrogen (secondary N) is 5. The van der Waals surface area contributed by atoms with E-state index in [4.69, 9.17) is 37.4 Å². The van der Waals surface area contributed by atoms with Gasteiger partial charge in [0.2, 0.25) is 29.5 Å². The zero-order chi connectivity index (χ0) is 51.8. The van der Waals surface area contributed by atoms with Gasteiger partial charge in [-0.1, -0.05) is 73.7 Å². The molecule has 6 amide bonds. The highest BCUT2D eigenvalue weighted by Gasteiger charge is 2.75. The number of hydrogen-bond acceptors (Lipinski definition) is 11. The smallest absolute Gasteiger partial charge is 0.255 e. The van der Waals surface area contributed by atoms with Gasteiger partial charge in [0.15, 0.2) is 0 Å². The highest BCUT2D eigenvalue weighted by molar-refractivity contribution is 6.31. The SMILES string of the molecule is CCN1[C@@H](C(=O)NC23CCC(C(=O)NCCOCCOCCOCCNc4cccc5c4CN(C4CCC(=O)NC4=O)C5=O)(CC2)CC3)[C@H](c2cccc(Cl)c2F)[C@]2(C(=O)Nc3cc(Cl)ccc32)C12CCCCC2. The Balaban J connectivity index is 0.674. The Bertz CT molecular complexity index is 2680. The maximum atomic E-state index is 16.7. The maximum absolute atomic E-state index is 16.7. The predicted molar refractivity (Wildman–Crippen MR) is 275 cm³/mol. The molecule has 19 heteroatoms. The van der Waals surface area contributed by atoms with Crippen LogP contribution in [0.25, 0.3) is 0 Å². The Kier molecular flexibility index (Phi) is 15.2. The van der Waals surface area contributed by atoms with Gasteiger partial charge in [0.25, 0.3) is 5.91 Å². The zero-order valence-corrected chi connectivity index (χ0v) is 43.4. The minimum atomic E-state index is -1.31. The molecule has 2 spiro atoms. The number of benzene rings is 3. The number of imide groups is 1. The van der Waals surface area contributed by atoms with Gasteiger partial charge in [-0.05, 0) is 106 Å². The molecule has 0 radical (unpaired) electrons. The molecule has 4 heterocycles. The van der Waals surface area contributed by atoms with Crippen LogP contribution in [-0.4, -0.2) is 128 Å². The van der Waals surface area contributed by atoms with Crippen molar-refractivity contribution in [3.63, 3.8) is 0 Å². The van der Waals surface area contributed by atoms with E-state index in [2.05, 4.69) is 31.5 Å². The third-order valence-electron chi connectivity index (χ3n) is 17.6. The van der Waals surface area contributed by atoms with E-state index < -0.39 is 51.6 Å². The topological polar surface area (TPSA) is 197 Å². The van der Waals surface area contributed by atoms with Crippen LogP contribution in [0.1, 0.15) is 123 Å². The van der Waals surface area contributed by atoms with Gasteiger partial charge >= 0.3 is 0 Å². The average molecular weight is 1060 g/mol. The molecule has 2 bridgehead atoms. The highest BCUT2D eigenvalue weighted by atomic mass is 35.5. The Morgan fingerprint density at radius 2 is 1.50 bits per heavy atom. The second-order valence-electron chi connectivity index (χ2n) is 21.2. The average Bonchev–Trinajstić information content (AvgIpc) is 4.05. The van der Waals surface area contributed by atoms with Crippen LogP contribution in [-0.2, 0) is 50.1 Å². The molecule has 74 heavy (non-hydrogen) atoms. The van der Waals surface area contributed by atoms with Crippen molar-refractivity contribution < 1.29 is 47.4 Å². The second kappa shape index (κ2) is 21.5. The molecule has 5 N–H and O–H groups in total. The molecule has 11 rings (SSSR count). The van der Waals surface area contributed by atoms with Gasteiger partial charge in [-0.25, -0.2) is 4.39 Å². The van der Waals surface area contributed by atoms with Crippen molar-refractivity contribution in [2.75, 3.05) is 69.9 Å². The first-order valence-electron chi connectivity index (χ1n) is 26.4. The van der Waals surface area contributed by atoms with Crippen LogP contribution in [0.5, 0.6) is 0 Å². The lowest BCUT2D eigenvalue weighted by atomic mass is 9.55. The molecule has 4 saturated carbocycles. The minimum absolute atomic E-state index is 0.000375. The molecule has 3 aromatic carbocycles. The van der Waals surface area contributed by atoms with Gasteiger partial charge in [0.1, 0.15) is 17.3 Å². The van der Waals surface area contributed by atoms with Gasteiger partial charge in [-0.2, -0.15) is 0 Å². The number of ether oxygens (including phenoxy) is 3. The second-order valence-corrected chi connectivity index (χ2v) is 22.0. The molecule has 16 nitrogen and oxygen atoms in total. The molecule has 396 valence electrons. The summed E-state index contributed by atoms with van der Waals surface area (Å²) < 4.78 is 33.8. The fourth-order valence-electron chi connectivity index (χ4n) is 14.1. The van der Waals surface area contributed by atoms with E-state index >= 15 is 14.0 Å². The van der Waals surface area contributed by atoms with Crippen LogP contribution in [0.4, 0.5) is 15.8 Å². The lowest BCUT2D eigenvalue weighted by Gasteiger charge is -2.53. The van der Waals surface area contributed by atoms with E-state index in [-0.39, 0.29) is 53.1 Å². The summed E-state index contributed by atoms with van der Waals surface area (Å²) in [5.41, 5.74) is 0.555. The standard InChI is InChI=1S/C55H66Cl2FN7O9/c1-2-65-46(44(36-9-6-10-39(57)45(36)58)55(54(65)16-4-3-5-17-54)38-13-12-34(56)32-41(38)61-51(55)71)48(68)63-53-21-18-52(19-22-53,20-23-53)50(70)60-25-27-73-29-31-74-30-28-72-26-24-59-40-11-7-8-35-37(40)33-64(49(35)69)42-14-15-43(66)62-47(42)67/h6-13,32,42,44,46,59H,2-5,14-31,33H2,1H3,(H,60,70)(H,61,71)(H,63,68)(H,62,66,67)/t42?,44-,46+,52?,53?,55+/m0/s1. The van der Waals surface area contributed by atoms with Crippen molar-refractivity contribution in [2.45, 2.75) is 131 Å². The molecular formula is C55H66Cl2FN7O9. The van der Waals surface area contributed by atoms with E-state index in [0.29, 0.717) is 133 Å². The van der Waals surface area contributed by atoms with Gasteiger partial charge < -0.3 is 40.4 Å². The maximum Gasteiger partial charge on any atom is 0.255 e. The Morgan fingerprint density at radius 3 is 2.20 bits per heavy atom. The summed E-state index contributed by atoms with van der Waals surface area (Å²) in [7, 11) is 0. The lowest BCUT2D eigenvalue weighted by molar-refractivity contribution is -0.141. The van der Waals surface area contributed by atoms with Gasteiger partial charge in [0, 0.05) is 76.0 Å². The van der Waals surface area contributed by atoms with E-state index in [1.807, 2.05) is 19.1 Å². The van der Waals surface area contributed by atoms with Crippen molar-refractivity contribution in [1.29, 1.82) is 0 Å². The quantitative estimate of drug-likeness (QED) is 0.0629. The number of amides is 6. The van der Waals surface area contributed by atoms with Crippen molar-refractivity contribution in [3.8, 4) is 0 Å². The number of carbonyl (C=O) groups excluding carboxylic acids is 6. The largest absolute Gasteiger partial charge is 0.382 e. The number of halogens is 3. The molecule has 3 aromatic rings. The van der Waals surface area contributed by atoms with E-state index in [1.54, 1.807) is 36.4 Å². The summed E-state index contributed by atoms with van der Waals surface area (Å²) in [6, 6.07) is 14.2.